The average Bonchev–Trinajstić information content (AvgIpc) is 2.46. The highest BCUT2D eigenvalue weighted by molar-refractivity contribution is 5.81. The van der Waals surface area contributed by atoms with Gasteiger partial charge in [-0.3, -0.25) is 4.79 Å². The lowest BCUT2D eigenvalue weighted by molar-refractivity contribution is -0.129. The average molecular weight is 303 g/mol. The van der Waals surface area contributed by atoms with E-state index in [0.29, 0.717) is 0 Å². The first-order chi connectivity index (χ1) is 10.3. The minimum Gasteiger partial charge on any atom is -0.388 e. The van der Waals surface area contributed by atoms with Crippen LogP contribution in [-0.2, 0) is 11.2 Å². The number of amides is 1. The molecule has 0 radical (unpaired) electrons. The Morgan fingerprint density at radius 1 is 1.41 bits per heavy atom. The van der Waals surface area contributed by atoms with Gasteiger partial charge in [0.05, 0.1) is 12.1 Å². The molecule has 1 amide bonds. The van der Waals surface area contributed by atoms with Crippen molar-refractivity contribution in [3.8, 4) is 0 Å². The highest BCUT2D eigenvalue weighted by Gasteiger charge is 2.27. The smallest absolute Gasteiger partial charge is 0.225 e. The molecule has 2 unspecified atom stereocenters. The van der Waals surface area contributed by atoms with Gasteiger partial charge < -0.3 is 10.4 Å². The molecule has 0 saturated heterocycles. The van der Waals surface area contributed by atoms with Gasteiger partial charge in [-0.05, 0) is 42.4 Å². The Hall–Kier alpha value is -1.35. The summed E-state index contributed by atoms with van der Waals surface area (Å²) in [6.07, 6.45) is 4.46. The molecule has 3 nitrogen and oxygen atoms in total. The van der Waals surface area contributed by atoms with Crippen molar-refractivity contribution >= 4 is 5.91 Å². The van der Waals surface area contributed by atoms with Crippen molar-refractivity contribution in [2.24, 2.45) is 5.41 Å². The monoisotopic (exact) mass is 303 g/mol. The maximum absolute atomic E-state index is 12.3. The van der Waals surface area contributed by atoms with Gasteiger partial charge in [0.2, 0.25) is 5.91 Å². The number of nitrogens with one attached hydrogen (secondary N) is 1. The highest BCUT2D eigenvalue weighted by Crippen LogP contribution is 2.33. The van der Waals surface area contributed by atoms with Crippen LogP contribution in [0.4, 0.5) is 0 Å². The summed E-state index contributed by atoms with van der Waals surface area (Å²) in [5, 5.41) is 13.4. The number of carbonyl (C=O) groups excluding carboxylic acids is 1. The second-order valence-corrected chi connectivity index (χ2v) is 7.43. The Morgan fingerprint density at radius 3 is 2.77 bits per heavy atom. The molecule has 22 heavy (non-hydrogen) atoms. The summed E-state index contributed by atoms with van der Waals surface area (Å²) in [7, 11) is 0. The fourth-order valence-electron chi connectivity index (χ4n) is 2.99. The number of fused-ring (bicyclic) bond motifs is 1. The summed E-state index contributed by atoms with van der Waals surface area (Å²) in [5.41, 5.74) is 3.09. The molecule has 2 N–H and O–H groups in total. The lowest BCUT2D eigenvalue weighted by Crippen LogP contribution is -2.38. The van der Waals surface area contributed by atoms with Crippen molar-refractivity contribution < 1.29 is 9.90 Å². The third-order valence-electron chi connectivity index (χ3n) is 4.42. The molecule has 0 heterocycles. The van der Waals surface area contributed by atoms with Crippen LogP contribution in [0, 0.1) is 5.41 Å². The minimum atomic E-state index is -0.406. The van der Waals surface area contributed by atoms with Crippen LogP contribution in [0.15, 0.2) is 18.2 Å². The quantitative estimate of drug-likeness (QED) is 0.881. The van der Waals surface area contributed by atoms with E-state index in [1.807, 2.05) is 26.8 Å². The van der Waals surface area contributed by atoms with Gasteiger partial charge in [0.1, 0.15) is 0 Å². The number of aliphatic hydroxyl groups is 1. The molecule has 1 aliphatic rings. The van der Waals surface area contributed by atoms with E-state index in [9.17, 15) is 9.90 Å². The van der Waals surface area contributed by atoms with Crippen LogP contribution >= 0.6 is 0 Å². The van der Waals surface area contributed by atoms with E-state index in [1.54, 1.807) is 0 Å². The fraction of sp³-hybridized carbons (Fsp3) is 0.632. The molecule has 1 aromatic rings. The Balaban J connectivity index is 2.24. The van der Waals surface area contributed by atoms with E-state index in [4.69, 9.17) is 0 Å². The number of aryl methyl sites for hydroxylation is 1. The molecule has 0 fully saturated rings. The van der Waals surface area contributed by atoms with Crippen molar-refractivity contribution in [1.82, 2.24) is 5.32 Å². The summed E-state index contributed by atoms with van der Waals surface area (Å²) < 4.78 is 0. The van der Waals surface area contributed by atoms with Gasteiger partial charge in [-0.15, -0.1) is 0 Å². The first-order valence-corrected chi connectivity index (χ1v) is 8.44. The molecule has 122 valence electrons. The van der Waals surface area contributed by atoms with Crippen LogP contribution in [0.2, 0.25) is 0 Å². The maximum atomic E-state index is 12.3. The van der Waals surface area contributed by atoms with Gasteiger partial charge in [0.25, 0.3) is 0 Å². The van der Waals surface area contributed by atoms with E-state index in [1.165, 1.54) is 11.1 Å². The van der Waals surface area contributed by atoms with E-state index in [0.717, 1.165) is 37.7 Å². The van der Waals surface area contributed by atoms with Crippen molar-refractivity contribution in [3.63, 3.8) is 0 Å². The zero-order chi connectivity index (χ0) is 16.3. The normalized spacial score (nSPS) is 19.4. The van der Waals surface area contributed by atoms with Crippen molar-refractivity contribution in [1.29, 1.82) is 0 Å². The molecule has 1 aliphatic carbocycles. The Bertz CT molecular complexity index is 531. The Morgan fingerprint density at radius 2 is 2.14 bits per heavy atom. The molecule has 0 saturated carbocycles. The number of benzene rings is 1. The minimum absolute atomic E-state index is 0.0734. The number of rotatable bonds is 4. The van der Waals surface area contributed by atoms with E-state index in [-0.39, 0.29) is 17.4 Å². The first kappa shape index (κ1) is 17.0. The molecule has 0 aliphatic heterocycles. The van der Waals surface area contributed by atoms with Crippen molar-refractivity contribution in [2.45, 2.75) is 71.9 Å². The fourth-order valence-corrected chi connectivity index (χ4v) is 2.99. The van der Waals surface area contributed by atoms with Gasteiger partial charge in [-0.25, -0.2) is 0 Å². The zero-order valence-corrected chi connectivity index (χ0v) is 14.3. The van der Waals surface area contributed by atoms with E-state index >= 15 is 0 Å². The van der Waals surface area contributed by atoms with Gasteiger partial charge in [0, 0.05) is 5.41 Å². The number of aliphatic hydroxyl groups excluding tert-OH is 1. The molecule has 0 bridgehead atoms. The zero-order valence-electron chi connectivity index (χ0n) is 14.3. The molecule has 1 aromatic carbocycles. The molecular weight excluding hydrogens is 274 g/mol. The standard InChI is InChI=1S/C19H29NO2/c1-5-7-17(21)14-11-10-13-8-6-9-16(15(13)12-14)20-18(22)19(2,3)4/h10-12,16-17,21H,5-9H2,1-4H3,(H,20,22). The van der Waals surface area contributed by atoms with Crippen molar-refractivity contribution in [3.05, 3.63) is 34.9 Å². The number of hydrogen-bond donors (Lipinski definition) is 2. The van der Waals surface area contributed by atoms with Crippen LogP contribution in [0.3, 0.4) is 0 Å². The Labute approximate surface area is 134 Å². The number of carbonyl (C=O) groups is 1. The van der Waals surface area contributed by atoms with Gasteiger partial charge >= 0.3 is 0 Å². The summed E-state index contributed by atoms with van der Waals surface area (Å²) >= 11 is 0. The van der Waals surface area contributed by atoms with Crippen LogP contribution in [0.5, 0.6) is 0 Å². The van der Waals surface area contributed by atoms with E-state index in [2.05, 4.69) is 24.4 Å². The van der Waals surface area contributed by atoms with Gasteiger partial charge in [-0.1, -0.05) is 52.3 Å². The third kappa shape index (κ3) is 3.89. The predicted octanol–water partition coefficient (Wildman–Crippen LogP) is 4.06. The summed E-state index contributed by atoms with van der Waals surface area (Å²) in [6, 6.07) is 6.33. The van der Waals surface area contributed by atoms with Gasteiger partial charge in [0.15, 0.2) is 0 Å². The second kappa shape index (κ2) is 6.82. The summed E-state index contributed by atoms with van der Waals surface area (Å²) in [6.45, 7) is 7.89. The van der Waals surface area contributed by atoms with Crippen LogP contribution in [-0.4, -0.2) is 11.0 Å². The third-order valence-corrected chi connectivity index (χ3v) is 4.42. The van der Waals surface area contributed by atoms with Gasteiger partial charge in [-0.2, -0.15) is 0 Å². The Kier molecular flexibility index (Phi) is 5.28. The van der Waals surface area contributed by atoms with Crippen LogP contribution in [0.25, 0.3) is 0 Å². The molecule has 2 rings (SSSR count). The maximum Gasteiger partial charge on any atom is 0.225 e. The first-order valence-electron chi connectivity index (χ1n) is 8.44. The summed E-state index contributed by atoms with van der Waals surface area (Å²) in [5.74, 6) is 0.0878. The second-order valence-electron chi connectivity index (χ2n) is 7.43. The summed E-state index contributed by atoms with van der Waals surface area (Å²) in [4.78, 5) is 12.3. The topological polar surface area (TPSA) is 49.3 Å². The molecule has 3 heteroatoms. The number of hydrogen-bond acceptors (Lipinski definition) is 2. The molecule has 2 atom stereocenters. The molecule has 0 spiro atoms. The lowest BCUT2D eigenvalue weighted by atomic mass is 9.84. The lowest BCUT2D eigenvalue weighted by Gasteiger charge is -2.30. The SMILES string of the molecule is CCCC(O)c1ccc2c(c1)C(NC(=O)C(C)(C)C)CCC2. The largest absolute Gasteiger partial charge is 0.388 e. The predicted molar refractivity (Wildman–Crippen MR) is 89.6 cm³/mol. The van der Waals surface area contributed by atoms with Crippen molar-refractivity contribution in [2.75, 3.05) is 0 Å². The van der Waals surface area contributed by atoms with Crippen LogP contribution < -0.4 is 5.32 Å². The molecular formula is C19H29NO2. The van der Waals surface area contributed by atoms with E-state index < -0.39 is 6.10 Å². The van der Waals surface area contributed by atoms with Crippen LogP contribution in [0.1, 0.15) is 82.2 Å². The highest BCUT2D eigenvalue weighted by atomic mass is 16.3. The molecule has 0 aromatic heterocycles.